The van der Waals surface area contributed by atoms with Crippen molar-refractivity contribution in [3.63, 3.8) is 0 Å². The van der Waals surface area contributed by atoms with Crippen LogP contribution in [0.1, 0.15) is 24.1 Å². The van der Waals surface area contributed by atoms with E-state index in [1.807, 2.05) is 30.0 Å². The Morgan fingerprint density at radius 3 is 2.72 bits per heavy atom. The van der Waals surface area contributed by atoms with Crippen molar-refractivity contribution in [2.24, 2.45) is 0 Å². The average molecular weight is 420 g/mol. The molecule has 1 aliphatic heterocycles. The summed E-state index contributed by atoms with van der Waals surface area (Å²) in [6.07, 6.45) is 0. The van der Waals surface area contributed by atoms with Crippen LogP contribution in [0.15, 0.2) is 42.5 Å². The lowest BCUT2D eigenvalue weighted by molar-refractivity contribution is -0.117. The van der Waals surface area contributed by atoms with Crippen molar-refractivity contribution in [3.8, 4) is 0 Å². The highest BCUT2D eigenvalue weighted by molar-refractivity contribution is 7.99. The third kappa shape index (κ3) is 6.26. The van der Waals surface area contributed by atoms with Crippen LogP contribution in [0.5, 0.6) is 0 Å². The van der Waals surface area contributed by atoms with E-state index >= 15 is 0 Å². The summed E-state index contributed by atoms with van der Waals surface area (Å²) in [5, 5.41) is 2.91. The normalized spacial score (nSPS) is 16.0. The summed E-state index contributed by atoms with van der Waals surface area (Å²) in [4.78, 5) is 16.6. The fraction of sp³-hybridized carbons (Fsp3) is 0.409. The van der Waals surface area contributed by atoms with Crippen molar-refractivity contribution in [3.05, 3.63) is 65.2 Å². The highest BCUT2D eigenvalue weighted by Gasteiger charge is 2.19. The lowest BCUT2D eigenvalue weighted by atomic mass is 10.1. The van der Waals surface area contributed by atoms with Crippen LogP contribution in [0.4, 0.5) is 14.5 Å². The van der Waals surface area contributed by atoms with Gasteiger partial charge in [0.05, 0.1) is 6.54 Å². The van der Waals surface area contributed by atoms with Gasteiger partial charge in [0.2, 0.25) is 5.91 Å². The van der Waals surface area contributed by atoms with Crippen LogP contribution < -0.4 is 5.32 Å². The maximum absolute atomic E-state index is 14.0. The van der Waals surface area contributed by atoms with Gasteiger partial charge in [0.15, 0.2) is 0 Å². The van der Waals surface area contributed by atoms with Crippen molar-refractivity contribution >= 4 is 23.4 Å². The minimum Gasteiger partial charge on any atom is -0.325 e. The van der Waals surface area contributed by atoms with Crippen molar-refractivity contribution in [2.45, 2.75) is 19.5 Å². The molecule has 156 valence electrons. The first-order chi connectivity index (χ1) is 13.9. The number of carbonyl (C=O) groups is 1. The monoisotopic (exact) mass is 419 g/mol. The molecule has 0 radical (unpaired) electrons. The Bertz CT molecular complexity index is 843. The van der Waals surface area contributed by atoms with Crippen molar-refractivity contribution in [1.82, 2.24) is 9.80 Å². The smallest absolute Gasteiger partial charge is 0.238 e. The number of nitrogens with zero attached hydrogens (tertiary/aromatic N) is 2. The summed E-state index contributed by atoms with van der Waals surface area (Å²) >= 11 is 1.98. The van der Waals surface area contributed by atoms with Gasteiger partial charge in [-0.1, -0.05) is 12.1 Å². The number of hydrogen-bond donors (Lipinski definition) is 1. The number of carbonyl (C=O) groups excluding carboxylic acids is 1. The van der Waals surface area contributed by atoms with Crippen LogP contribution >= 0.6 is 11.8 Å². The van der Waals surface area contributed by atoms with Crippen LogP contribution in [-0.2, 0) is 11.3 Å². The Kier molecular flexibility index (Phi) is 7.64. The standard InChI is InChI=1S/C22H27F2N3OS/c1-16(20-13-18(23)6-7-21(20)24)26(2)15-22(28)25-19-5-3-4-17(12-19)14-27-8-10-29-11-9-27/h3-7,12-13,16H,8-11,14-15H2,1-2H3,(H,25,28). The van der Waals surface area contributed by atoms with Gasteiger partial charge in [0.1, 0.15) is 11.6 Å². The van der Waals surface area contributed by atoms with E-state index in [1.165, 1.54) is 11.6 Å². The largest absolute Gasteiger partial charge is 0.325 e. The molecule has 29 heavy (non-hydrogen) atoms. The van der Waals surface area contributed by atoms with Gasteiger partial charge < -0.3 is 5.32 Å². The molecule has 1 amide bonds. The second-order valence-electron chi connectivity index (χ2n) is 7.39. The average Bonchev–Trinajstić information content (AvgIpc) is 2.70. The molecule has 1 fully saturated rings. The molecule has 0 bridgehead atoms. The number of rotatable bonds is 7. The Morgan fingerprint density at radius 2 is 1.97 bits per heavy atom. The SMILES string of the molecule is CC(c1cc(F)ccc1F)N(C)CC(=O)Nc1cccc(CN2CCSCC2)c1. The first-order valence-corrected chi connectivity index (χ1v) is 10.9. The molecule has 1 heterocycles. The molecular formula is C22H27F2N3OS. The zero-order valence-corrected chi connectivity index (χ0v) is 17.6. The van der Waals surface area contributed by atoms with Crippen LogP contribution in [0, 0.1) is 11.6 Å². The zero-order chi connectivity index (χ0) is 20.8. The Morgan fingerprint density at radius 1 is 1.21 bits per heavy atom. The first kappa shape index (κ1) is 21.7. The van der Waals surface area contributed by atoms with Gasteiger partial charge in [-0.05, 0) is 49.9 Å². The van der Waals surface area contributed by atoms with Crippen LogP contribution in [0.2, 0.25) is 0 Å². The number of anilines is 1. The van der Waals surface area contributed by atoms with Gasteiger partial charge in [-0.15, -0.1) is 0 Å². The predicted molar refractivity (Wildman–Crippen MR) is 115 cm³/mol. The molecule has 4 nitrogen and oxygen atoms in total. The van der Waals surface area contributed by atoms with Gasteiger partial charge in [-0.3, -0.25) is 14.6 Å². The van der Waals surface area contributed by atoms with Gasteiger partial charge in [-0.2, -0.15) is 11.8 Å². The molecule has 1 saturated heterocycles. The number of halogens is 2. The molecule has 2 aromatic rings. The molecule has 1 unspecified atom stereocenters. The van der Waals surface area contributed by atoms with Crippen molar-refractivity contribution in [1.29, 1.82) is 0 Å². The number of amides is 1. The highest BCUT2D eigenvalue weighted by atomic mass is 32.2. The fourth-order valence-electron chi connectivity index (χ4n) is 3.40. The summed E-state index contributed by atoms with van der Waals surface area (Å²) in [6.45, 7) is 4.87. The minimum absolute atomic E-state index is 0.0741. The minimum atomic E-state index is -0.491. The van der Waals surface area contributed by atoms with Crippen molar-refractivity contribution < 1.29 is 13.6 Å². The second-order valence-corrected chi connectivity index (χ2v) is 8.62. The van der Waals surface area contributed by atoms with E-state index in [0.29, 0.717) is 0 Å². The molecule has 7 heteroatoms. The molecule has 1 atom stereocenters. The molecule has 3 rings (SSSR count). The van der Waals surface area contributed by atoms with Crippen LogP contribution in [0.25, 0.3) is 0 Å². The third-order valence-corrected chi connectivity index (χ3v) is 6.13. The van der Waals surface area contributed by atoms with E-state index in [9.17, 15) is 13.6 Å². The van der Waals surface area contributed by atoms with Gasteiger partial charge >= 0.3 is 0 Å². The molecule has 0 aliphatic carbocycles. The van der Waals surface area contributed by atoms with Gasteiger partial charge in [0.25, 0.3) is 0 Å². The summed E-state index contributed by atoms with van der Waals surface area (Å²) in [5.74, 6) is 1.16. The molecule has 1 aliphatic rings. The Hall–Kier alpha value is -1.96. The van der Waals surface area contributed by atoms with Crippen LogP contribution in [-0.4, -0.2) is 53.9 Å². The molecular weight excluding hydrogens is 392 g/mol. The molecule has 2 aromatic carbocycles. The molecule has 0 saturated carbocycles. The summed E-state index contributed by atoms with van der Waals surface area (Å²) in [6, 6.07) is 10.8. The number of hydrogen-bond acceptors (Lipinski definition) is 4. The third-order valence-electron chi connectivity index (χ3n) is 5.18. The van der Waals surface area contributed by atoms with E-state index in [0.717, 1.165) is 49.0 Å². The summed E-state index contributed by atoms with van der Waals surface area (Å²) < 4.78 is 27.5. The quantitative estimate of drug-likeness (QED) is 0.732. The number of likely N-dealkylation sites (N-methyl/N-ethyl adjacent to an activating group) is 1. The molecule has 0 spiro atoms. The topological polar surface area (TPSA) is 35.6 Å². The van der Waals surface area contributed by atoms with Gasteiger partial charge in [0, 0.05) is 48.4 Å². The van der Waals surface area contributed by atoms with E-state index in [4.69, 9.17) is 0 Å². The molecule has 1 N–H and O–H groups in total. The van der Waals surface area contributed by atoms with E-state index in [2.05, 4.69) is 16.3 Å². The lowest BCUT2D eigenvalue weighted by Gasteiger charge is -2.26. The predicted octanol–water partition coefficient (Wildman–Crippen LogP) is 4.15. The number of thioether (sulfide) groups is 1. The number of nitrogens with one attached hydrogen (secondary N) is 1. The highest BCUT2D eigenvalue weighted by Crippen LogP contribution is 2.23. The maximum atomic E-state index is 14.0. The molecule has 0 aromatic heterocycles. The fourth-order valence-corrected chi connectivity index (χ4v) is 4.38. The van der Waals surface area contributed by atoms with Crippen molar-refractivity contribution in [2.75, 3.05) is 43.5 Å². The van der Waals surface area contributed by atoms with E-state index < -0.39 is 17.7 Å². The Balaban J connectivity index is 1.57. The maximum Gasteiger partial charge on any atom is 0.238 e. The van der Waals surface area contributed by atoms with Gasteiger partial charge in [-0.25, -0.2) is 8.78 Å². The van der Waals surface area contributed by atoms with Crippen LogP contribution in [0.3, 0.4) is 0 Å². The summed E-state index contributed by atoms with van der Waals surface area (Å²) in [7, 11) is 1.72. The number of benzene rings is 2. The second kappa shape index (κ2) is 10.2. The summed E-state index contributed by atoms with van der Waals surface area (Å²) in [5.41, 5.74) is 2.15. The van der Waals surface area contributed by atoms with E-state index in [-0.39, 0.29) is 18.0 Å². The van der Waals surface area contributed by atoms with E-state index in [1.54, 1.807) is 18.9 Å². The Labute approximate surface area is 175 Å². The first-order valence-electron chi connectivity index (χ1n) is 9.76. The lowest BCUT2D eigenvalue weighted by Crippen LogP contribution is -2.33. The zero-order valence-electron chi connectivity index (χ0n) is 16.8.